The van der Waals surface area contributed by atoms with Crippen LogP contribution in [-0.4, -0.2) is 47.3 Å². The van der Waals surface area contributed by atoms with E-state index in [0.717, 1.165) is 5.56 Å². The number of carbonyl (C=O) groups is 1. The number of morpholine rings is 1. The van der Waals surface area contributed by atoms with Crippen molar-refractivity contribution in [3.05, 3.63) is 60.2 Å². The van der Waals surface area contributed by atoms with Gasteiger partial charge in [-0.15, -0.1) is 0 Å². The Morgan fingerprint density at radius 1 is 1.21 bits per heavy atom. The first-order valence-electron chi connectivity index (χ1n) is 9.06. The summed E-state index contributed by atoms with van der Waals surface area (Å²) >= 11 is -0.206. The van der Waals surface area contributed by atoms with Gasteiger partial charge in [0.2, 0.25) is 0 Å². The van der Waals surface area contributed by atoms with Crippen molar-refractivity contribution in [1.82, 2.24) is 4.90 Å². The molecule has 1 aliphatic heterocycles. The summed E-state index contributed by atoms with van der Waals surface area (Å²) in [7, 11) is 0. The number of anilines is 1. The molecule has 0 spiro atoms. The first-order valence-corrected chi connectivity index (χ1v) is 9.87. The number of ether oxygens (including phenoxy) is 1. The number of nitrogens with one attached hydrogen (secondary N) is 1. The van der Waals surface area contributed by atoms with Gasteiger partial charge in [-0.2, -0.15) is 13.2 Å². The van der Waals surface area contributed by atoms with E-state index < -0.39 is 11.6 Å². The molecular weight excluding hydrogens is 405 g/mol. The number of nitrogens with zero attached hydrogens (tertiary/aromatic N) is 1. The lowest BCUT2D eigenvalue weighted by Crippen LogP contribution is -2.50. The zero-order chi connectivity index (χ0) is 20.9. The largest absolute Gasteiger partial charge is 0.446 e. The van der Waals surface area contributed by atoms with Gasteiger partial charge in [0.25, 0.3) is 0 Å². The Labute approximate surface area is 170 Å². The third kappa shape index (κ3) is 6.38. The van der Waals surface area contributed by atoms with Gasteiger partial charge in [-0.3, -0.25) is 0 Å². The molecule has 2 aromatic rings. The number of hydrogen-bond acceptors (Lipinski definition) is 4. The second kappa shape index (κ2) is 9.51. The SMILES string of the molecule is O=C(Nc1ccc(SC(F)(F)F)cc1)N1CCOC[C@@H]1C[C@H](O)c1ccccc1. The first-order chi connectivity index (χ1) is 13.8. The number of aliphatic hydroxyl groups is 1. The molecule has 29 heavy (non-hydrogen) atoms. The monoisotopic (exact) mass is 426 g/mol. The number of alkyl halides is 3. The van der Waals surface area contributed by atoms with Crippen LogP contribution in [0.3, 0.4) is 0 Å². The molecule has 1 fully saturated rings. The molecule has 0 aromatic heterocycles. The number of benzene rings is 2. The lowest BCUT2D eigenvalue weighted by Gasteiger charge is -2.36. The summed E-state index contributed by atoms with van der Waals surface area (Å²) in [5.74, 6) is 0. The fraction of sp³-hybridized carbons (Fsp3) is 0.350. The predicted molar refractivity (Wildman–Crippen MR) is 105 cm³/mol. The minimum absolute atomic E-state index is 0.0470. The molecule has 2 N–H and O–H groups in total. The van der Waals surface area contributed by atoms with Crippen molar-refractivity contribution in [1.29, 1.82) is 0 Å². The van der Waals surface area contributed by atoms with E-state index in [4.69, 9.17) is 4.74 Å². The van der Waals surface area contributed by atoms with Crippen LogP contribution >= 0.6 is 11.8 Å². The maximum atomic E-state index is 12.7. The predicted octanol–water partition coefficient (Wildman–Crippen LogP) is 4.65. The quantitative estimate of drug-likeness (QED) is 0.683. The van der Waals surface area contributed by atoms with Crippen molar-refractivity contribution in [3.63, 3.8) is 0 Å². The molecule has 156 valence electrons. The first kappa shape index (κ1) is 21.5. The van der Waals surface area contributed by atoms with E-state index in [0.29, 0.717) is 31.9 Å². The summed E-state index contributed by atoms with van der Waals surface area (Å²) < 4.78 is 42.7. The summed E-state index contributed by atoms with van der Waals surface area (Å²) in [5.41, 5.74) is -3.20. The molecule has 1 saturated heterocycles. The number of halogens is 3. The molecule has 0 aliphatic carbocycles. The standard InChI is InChI=1S/C20H21F3N2O3S/c21-20(22,23)29-17-8-6-15(7-9-17)24-19(27)25-10-11-28-13-16(25)12-18(26)14-4-2-1-3-5-14/h1-9,16,18,26H,10-13H2,(H,24,27)/t16-,18-/m0/s1. The highest BCUT2D eigenvalue weighted by atomic mass is 32.2. The van der Waals surface area contributed by atoms with Gasteiger partial charge >= 0.3 is 11.5 Å². The van der Waals surface area contributed by atoms with E-state index in [1.165, 1.54) is 24.3 Å². The molecule has 5 nitrogen and oxygen atoms in total. The molecule has 1 aliphatic rings. The van der Waals surface area contributed by atoms with Gasteiger partial charge in [-0.05, 0) is 41.6 Å². The van der Waals surface area contributed by atoms with Gasteiger partial charge in [0.15, 0.2) is 0 Å². The van der Waals surface area contributed by atoms with Gasteiger partial charge < -0.3 is 20.1 Å². The average Bonchev–Trinajstić information content (AvgIpc) is 2.69. The number of thioether (sulfide) groups is 1. The Kier molecular flexibility index (Phi) is 7.05. The molecule has 0 saturated carbocycles. The smallest absolute Gasteiger partial charge is 0.388 e. The molecule has 3 rings (SSSR count). The van der Waals surface area contributed by atoms with Gasteiger partial charge in [-0.1, -0.05) is 30.3 Å². The minimum atomic E-state index is -4.36. The zero-order valence-corrected chi connectivity index (χ0v) is 16.2. The normalized spacial score (nSPS) is 18.3. The van der Waals surface area contributed by atoms with Crippen molar-refractivity contribution in [2.45, 2.75) is 29.0 Å². The maximum absolute atomic E-state index is 12.7. The van der Waals surface area contributed by atoms with Crippen molar-refractivity contribution in [2.75, 3.05) is 25.1 Å². The third-order valence-electron chi connectivity index (χ3n) is 4.51. The molecule has 2 atom stereocenters. The number of aliphatic hydroxyl groups excluding tert-OH is 1. The second-order valence-corrected chi connectivity index (χ2v) is 7.73. The van der Waals surface area contributed by atoms with Crippen LogP contribution < -0.4 is 5.32 Å². The van der Waals surface area contributed by atoms with Crippen LogP contribution in [0.1, 0.15) is 18.1 Å². The third-order valence-corrected chi connectivity index (χ3v) is 5.25. The molecular formula is C20H21F3N2O3S. The molecule has 2 amide bonds. The van der Waals surface area contributed by atoms with E-state index in [9.17, 15) is 23.1 Å². The van der Waals surface area contributed by atoms with Crippen molar-refractivity contribution in [2.24, 2.45) is 0 Å². The maximum Gasteiger partial charge on any atom is 0.446 e. The lowest BCUT2D eigenvalue weighted by atomic mass is 10.0. The Balaban J connectivity index is 1.62. The van der Waals surface area contributed by atoms with E-state index in [1.54, 1.807) is 4.90 Å². The van der Waals surface area contributed by atoms with E-state index >= 15 is 0 Å². The number of hydrogen-bond donors (Lipinski definition) is 2. The number of carbonyl (C=O) groups excluding carboxylic acids is 1. The van der Waals surface area contributed by atoms with Crippen LogP contribution in [0.5, 0.6) is 0 Å². The summed E-state index contributed by atoms with van der Waals surface area (Å²) in [6, 6.07) is 13.9. The molecule has 2 aromatic carbocycles. The highest BCUT2D eigenvalue weighted by Gasteiger charge is 2.30. The number of amides is 2. The summed E-state index contributed by atoms with van der Waals surface area (Å²) in [6.45, 7) is 1.05. The number of rotatable bonds is 5. The van der Waals surface area contributed by atoms with Crippen molar-refractivity contribution < 1.29 is 27.8 Å². The minimum Gasteiger partial charge on any atom is -0.388 e. The Bertz CT molecular complexity index is 803. The Morgan fingerprint density at radius 2 is 1.90 bits per heavy atom. The topological polar surface area (TPSA) is 61.8 Å². The van der Waals surface area contributed by atoms with Gasteiger partial charge in [0.05, 0.1) is 25.4 Å². The fourth-order valence-corrected chi connectivity index (χ4v) is 3.66. The van der Waals surface area contributed by atoms with Crippen LogP contribution in [-0.2, 0) is 4.74 Å². The lowest BCUT2D eigenvalue weighted by molar-refractivity contribution is -0.0328. The summed E-state index contributed by atoms with van der Waals surface area (Å²) in [5, 5.41) is 13.2. The Hall–Kier alpha value is -2.23. The Morgan fingerprint density at radius 3 is 2.55 bits per heavy atom. The van der Waals surface area contributed by atoms with Crippen LogP contribution in [0, 0.1) is 0 Å². The molecule has 1 heterocycles. The van der Waals surface area contributed by atoms with E-state index in [1.807, 2.05) is 30.3 Å². The second-order valence-electron chi connectivity index (χ2n) is 6.59. The fourth-order valence-electron chi connectivity index (χ4n) is 3.12. The van der Waals surface area contributed by atoms with Gasteiger partial charge in [0.1, 0.15) is 0 Å². The van der Waals surface area contributed by atoms with E-state index in [-0.39, 0.29) is 28.7 Å². The van der Waals surface area contributed by atoms with Crippen molar-refractivity contribution >= 4 is 23.5 Å². The summed E-state index contributed by atoms with van der Waals surface area (Å²) in [4.78, 5) is 14.3. The van der Waals surface area contributed by atoms with Gasteiger partial charge in [-0.25, -0.2) is 4.79 Å². The van der Waals surface area contributed by atoms with Crippen LogP contribution in [0.15, 0.2) is 59.5 Å². The van der Waals surface area contributed by atoms with E-state index in [2.05, 4.69) is 5.32 Å². The summed E-state index contributed by atoms with van der Waals surface area (Å²) in [6.07, 6.45) is -0.421. The zero-order valence-electron chi connectivity index (χ0n) is 15.4. The van der Waals surface area contributed by atoms with Crippen LogP contribution in [0.4, 0.5) is 23.7 Å². The molecule has 0 bridgehead atoms. The molecule has 0 unspecified atom stereocenters. The van der Waals surface area contributed by atoms with Crippen LogP contribution in [0.25, 0.3) is 0 Å². The van der Waals surface area contributed by atoms with Crippen LogP contribution in [0.2, 0.25) is 0 Å². The highest BCUT2D eigenvalue weighted by Crippen LogP contribution is 2.37. The average molecular weight is 426 g/mol. The molecule has 9 heteroatoms. The molecule has 0 radical (unpaired) electrons. The number of urea groups is 1. The highest BCUT2D eigenvalue weighted by molar-refractivity contribution is 8.00. The van der Waals surface area contributed by atoms with Crippen molar-refractivity contribution in [3.8, 4) is 0 Å². The van der Waals surface area contributed by atoms with Gasteiger partial charge in [0, 0.05) is 23.5 Å².